The van der Waals surface area contributed by atoms with Gasteiger partial charge in [-0.05, 0) is 19.5 Å². The number of likely N-dealkylation sites (tertiary alicyclic amines) is 1. The summed E-state index contributed by atoms with van der Waals surface area (Å²) in [7, 11) is 0. The average molecular weight is 194 g/mol. The first-order valence-corrected chi connectivity index (χ1v) is 4.52. The second-order valence-electron chi connectivity index (χ2n) is 3.51. The van der Waals surface area contributed by atoms with Crippen LogP contribution >= 0.6 is 0 Å². The maximum Gasteiger partial charge on any atom is 0.262 e. The van der Waals surface area contributed by atoms with Crippen molar-refractivity contribution in [2.45, 2.75) is 24.8 Å². The molecule has 0 aromatic rings. The van der Waals surface area contributed by atoms with Crippen molar-refractivity contribution >= 4 is 0 Å². The largest absolute Gasteiger partial charge is 0.395 e. The number of nitrogens with two attached hydrogens (primary N) is 1. The number of alkyl halides is 2. The van der Waals surface area contributed by atoms with Crippen LogP contribution in [-0.4, -0.2) is 48.2 Å². The zero-order chi connectivity index (χ0) is 9.90. The second kappa shape index (κ2) is 4.30. The maximum atomic E-state index is 12.9. The van der Waals surface area contributed by atoms with E-state index in [2.05, 4.69) is 0 Å². The van der Waals surface area contributed by atoms with Crippen molar-refractivity contribution in [3.05, 3.63) is 0 Å². The van der Waals surface area contributed by atoms with E-state index in [0.29, 0.717) is 19.5 Å². The number of aliphatic hydroxyl groups excluding tert-OH is 1. The first-order valence-electron chi connectivity index (χ1n) is 4.52. The molecule has 1 aliphatic heterocycles. The number of halogens is 2. The molecule has 0 spiro atoms. The Kier molecular flexibility index (Phi) is 3.58. The van der Waals surface area contributed by atoms with Crippen LogP contribution in [0.2, 0.25) is 0 Å². The van der Waals surface area contributed by atoms with Crippen LogP contribution in [0.15, 0.2) is 0 Å². The highest BCUT2D eigenvalue weighted by Crippen LogP contribution is 2.31. The smallest absolute Gasteiger partial charge is 0.262 e. The molecule has 0 unspecified atom stereocenters. The van der Waals surface area contributed by atoms with Crippen molar-refractivity contribution in [2.24, 2.45) is 5.73 Å². The predicted octanol–water partition coefficient (Wildman–Crippen LogP) is 0.0371. The molecule has 0 amide bonds. The minimum Gasteiger partial charge on any atom is -0.395 e. The molecule has 1 fully saturated rings. The summed E-state index contributed by atoms with van der Waals surface area (Å²) in [5.41, 5.74) is 5.28. The number of rotatable bonds is 4. The fourth-order valence-corrected chi connectivity index (χ4v) is 1.70. The molecule has 78 valence electrons. The Bertz CT molecular complexity index is 166. The molecule has 5 heteroatoms. The highest BCUT2D eigenvalue weighted by Gasteiger charge is 2.43. The van der Waals surface area contributed by atoms with E-state index in [1.54, 1.807) is 4.90 Å². The lowest BCUT2D eigenvalue weighted by Gasteiger charge is -2.20. The molecule has 1 atom stereocenters. The monoisotopic (exact) mass is 194 g/mol. The lowest BCUT2D eigenvalue weighted by atomic mass is 10.2. The van der Waals surface area contributed by atoms with Gasteiger partial charge in [0.1, 0.15) is 0 Å². The lowest BCUT2D eigenvalue weighted by molar-refractivity contribution is 0.0117. The first-order chi connectivity index (χ1) is 6.09. The molecule has 1 heterocycles. The summed E-state index contributed by atoms with van der Waals surface area (Å²) < 4.78 is 25.7. The van der Waals surface area contributed by atoms with Crippen molar-refractivity contribution in [2.75, 3.05) is 26.2 Å². The van der Waals surface area contributed by atoms with Gasteiger partial charge in [0.2, 0.25) is 0 Å². The zero-order valence-corrected chi connectivity index (χ0v) is 7.55. The van der Waals surface area contributed by atoms with E-state index >= 15 is 0 Å². The Morgan fingerprint density at radius 2 is 2.23 bits per heavy atom. The third kappa shape index (κ3) is 2.86. The van der Waals surface area contributed by atoms with Gasteiger partial charge in [-0.25, -0.2) is 8.78 Å². The molecule has 3 nitrogen and oxygen atoms in total. The van der Waals surface area contributed by atoms with Gasteiger partial charge in [0.15, 0.2) is 0 Å². The normalized spacial score (nSPS) is 28.2. The number of aliphatic hydroxyl groups is 1. The molecule has 0 aromatic heterocycles. The van der Waals surface area contributed by atoms with E-state index < -0.39 is 5.92 Å². The highest BCUT2D eigenvalue weighted by atomic mass is 19.3. The predicted molar refractivity (Wildman–Crippen MR) is 45.7 cm³/mol. The Balaban J connectivity index is 2.43. The number of hydrogen-bond donors (Lipinski definition) is 2. The van der Waals surface area contributed by atoms with E-state index in [-0.39, 0.29) is 25.6 Å². The summed E-state index contributed by atoms with van der Waals surface area (Å²) in [5.74, 6) is -2.64. The van der Waals surface area contributed by atoms with Gasteiger partial charge in [-0.3, -0.25) is 4.90 Å². The van der Waals surface area contributed by atoms with Crippen LogP contribution in [0.5, 0.6) is 0 Å². The highest BCUT2D eigenvalue weighted by molar-refractivity contribution is 4.89. The van der Waals surface area contributed by atoms with Gasteiger partial charge in [0.05, 0.1) is 13.2 Å². The molecule has 0 aromatic carbocycles. The van der Waals surface area contributed by atoms with Gasteiger partial charge in [0, 0.05) is 12.5 Å². The van der Waals surface area contributed by atoms with Crippen LogP contribution in [0.3, 0.4) is 0 Å². The van der Waals surface area contributed by atoms with Gasteiger partial charge < -0.3 is 10.8 Å². The Hall–Kier alpha value is -0.260. The Morgan fingerprint density at radius 1 is 1.54 bits per heavy atom. The van der Waals surface area contributed by atoms with Crippen LogP contribution in [0.25, 0.3) is 0 Å². The van der Waals surface area contributed by atoms with E-state index in [0.717, 1.165) is 0 Å². The Labute approximate surface area is 76.5 Å². The van der Waals surface area contributed by atoms with Crippen LogP contribution in [-0.2, 0) is 0 Å². The summed E-state index contributed by atoms with van der Waals surface area (Å²) in [6.45, 7) is 0.621. The number of nitrogens with zero attached hydrogens (tertiary/aromatic N) is 1. The zero-order valence-electron chi connectivity index (χ0n) is 7.55. The second-order valence-corrected chi connectivity index (χ2v) is 3.51. The van der Waals surface area contributed by atoms with E-state index in [1.165, 1.54) is 0 Å². The first kappa shape index (κ1) is 10.8. The fourth-order valence-electron chi connectivity index (χ4n) is 1.70. The fraction of sp³-hybridized carbons (Fsp3) is 1.00. The summed E-state index contributed by atoms with van der Waals surface area (Å²) in [5, 5.41) is 8.86. The van der Waals surface area contributed by atoms with Gasteiger partial charge in [-0.15, -0.1) is 0 Å². The van der Waals surface area contributed by atoms with Crippen LogP contribution < -0.4 is 5.73 Å². The van der Waals surface area contributed by atoms with Gasteiger partial charge >= 0.3 is 0 Å². The summed E-state index contributed by atoms with van der Waals surface area (Å²) >= 11 is 0. The average Bonchev–Trinajstić information content (AvgIpc) is 2.37. The van der Waals surface area contributed by atoms with Gasteiger partial charge in [-0.2, -0.15) is 0 Å². The third-order valence-corrected chi connectivity index (χ3v) is 2.35. The quantitative estimate of drug-likeness (QED) is 0.664. The molecular formula is C8H16F2N2O. The van der Waals surface area contributed by atoms with Crippen molar-refractivity contribution in [1.29, 1.82) is 0 Å². The third-order valence-electron chi connectivity index (χ3n) is 2.35. The van der Waals surface area contributed by atoms with Crippen LogP contribution in [0.1, 0.15) is 12.8 Å². The summed E-state index contributed by atoms with van der Waals surface area (Å²) in [4.78, 5) is 1.62. The number of hydrogen-bond acceptors (Lipinski definition) is 3. The topological polar surface area (TPSA) is 49.5 Å². The molecule has 0 bridgehead atoms. The standard InChI is InChI=1S/C8H16F2N2O/c9-8(10)4-7(5-13)12(6-8)3-1-2-11/h7,13H,1-6,11H2/t7-/m0/s1. The molecule has 1 aliphatic rings. The van der Waals surface area contributed by atoms with Gasteiger partial charge in [0.25, 0.3) is 5.92 Å². The lowest BCUT2D eigenvalue weighted by Crippen LogP contribution is -2.34. The minimum atomic E-state index is -2.64. The summed E-state index contributed by atoms with van der Waals surface area (Å²) in [6.07, 6.45) is 0.473. The molecule has 0 aliphatic carbocycles. The molecule has 1 rings (SSSR count). The van der Waals surface area contributed by atoms with Crippen LogP contribution in [0, 0.1) is 0 Å². The molecule has 0 radical (unpaired) electrons. The van der Waals surface area contributed by atoms with Crippen LogP contribution in [0.4, 0.5) is 8.78 Å². The van der Waals surface area contributed by atoms with Crippen molar-refractivity contribution < 1.29 is 13.9 Å². The van der Waals surface area contributed by atoms with E-state index in [9.17, 15) is 8.78 Å². The summed E-state index contributed by atoms with van der Waals surface area (Å²) in [6, 6.07) is -0.387. The van der Waals surface area contributed by atoms with Crippen molar-refractivity contribution in [3.8, 4) is 0 Å². The minimum absolute atomic E-state index is 0.194. The Morgan fingerprint density at radius 3 is 2.77 bits per heavy atom. The molecule has 0 saturated carbocycles. The SMILES string of the molecule is NCCCN1CC(F)(F)C[C@H]1CO. The van der Waals surface area contributed by atoms with E-state index in [4.69, 9.17) is 10.8 Å². The molecule has 13 heavy (non-hydrogen) atoms. The van der Waals surface area contributed by atoms with Gasteiger partial charge in [-0.1, -0.05) is 0 Å². The van der Waals surface area contributed by atoms with E-state index in [1.807, 2.05) is 0 Å². The van der Waals surface area contributed by atoms with Crippen molar-refractivity contribution in [3.63, 3.8) is 0 Å². The molecule has 3 N–H and O–H groups in total. The molecular weight excluding hydrogens is 178 g/mol. The van der Waals surface area contributed by atoms with Crippen molar-refractivity contribution in [1.82, 2.24) is 4.90 Å². The maximum absolute atomic E-state index is 12.9. The molecule has 1 saturated heterocycles.